The molecule has 0 unspecified atom stereocenters. The number of rotatable bonds is 3. The molecule has 1 N–H and O–H groups in total. The van der Waals surface area contributed by atoms with Crippen LogP contribution in [0.5, 0.6) is 0 Å². The summed E-state index contributed by atoms with van der Waals surface area (Å²) in [6.07, 6.45) is 8.08. The zero-order chi connectivity index (χ0) is 11.4. The van der Waals surface area contributed by atoms with Gasteiger partial charge >= 0.3 is 0 Å². The lowest BCUT2D eigenvalue weighted by molar-refractivity contribution is -0.117. The van der Waals surface area contributed by atoms with Gasteiger partial charge < -0.3 is 5.32 Å². The van der Waals surface area contributed by atoms with Crippen LogP contribution in [0, 0.1) is 0 Å². The van der Waals surface area contributed by atoms with Crippen molar-refractivity contribution in [2.24, 2.45) is 0 Å². The molecule has 1 aromatic rings. The molecule has 1 amide bonds. The summed E-state index contributed by atoms with van der Waals surface area (Å²) in [7, 11) is 0. The molecule has 0 bridgehead atoms. The van der Waals surface area contributed by atoms with E-state index in [4.69, 9.17) is 11.6 Å². The molecule has 0 atom stereocenters. The number of nitrogens with one attached hydrogen (secondary N) is 1. The first-order valence-electron chi connectivity index (χ1n) is 5.48. The Bertz CT molecular complexity index is 393. The molecule has 1 heterocycles. The predicted molar refractivity (Wildman–Crippen MR) is 68.8 cm³/mol. The Kier molecular flexibility index (Phi) is 4.02. The summed E-state index contributed by atoms with van der Waals surface area (Å²) in [5.74, 6) is -0.00331. The third-order valence-electron chi connectivity index (χ3n) is 2.69. The van der Waals surface area contributed by atoms with Crippen LogP contribution in [0.2, 0.25) is 4.34 Å². The van der Waals surface area contributed by atoms with Crippen LogP contribution in [-0.2, 0) is 4.79 Å². The summed E-state index contributed by atoms with van der Waals surface area (Å²) in [4.78, 5) is 12.6. The number of hydrogen-bond acceptors (Lipinski definition) is 2. The second-order valence-corrected chi connectivity index (χ2v) is 5.71. The van der Waals surface area contributed by atoms with Gasteiger partial charge in [-0.05, 0) is 31.1 Å². The lowest BCUT2D eigenvalue weighted by Gasteiger charge is -2.08. The average Bonchev–Trinajstić information content (AvgIpc) is 2.87. The second-order valence-electron chi connectivity index (χ2n) is 3.97. The maximum Gasteiger partial charge on any atom is 0.244 e. The zero-order valence-electron chi connectivity index (χ0n) is 8.91. The fourth-order valence-electron chi connectivity index (χ4n) is 1.90. The van der Waals surface area contributed by atoms with Gasteiger partial charge in [-0.15, -0.1) is 11.3 Å². The number of carbonyl (C=O) groups excluding carboxylic acids is 1. The number of carbonyl (C=O) groups is 1. The third-order valence-corrected chi connectivity index (χ3v) is 3.89. The van der Waals surface area contributed by atoms with Gasteiger partial charge in [-0.3, -0.25) is 4.79 Å². The van der Waals surface area contributed by atoms with E-state index in [1.807, 2.05) is 12.1 Å². The fraction of sp³-hybridized carbons (Fsp3) is 0.417. The fourth-order valence-corrected chi connectivity index (χ4v) is 2.86. The summed E-state index contributed by atoms with van der Waals surface area (Å²) in [6, 6.07) is 4.12. The molecule has 1 saturated carbocycles. The minimum absolute atomic E-state index is 0.00331. The quantitative estimate of drug-likeness (QED) is 0.824. The number of thiophene rings is 1. The Morgan fingerprint density at radius 2 is 2.19 bits per heavy atom. The Balaban J connectivity index is 1.84. The van der Waals surface area contributed by atoms with Crippen molar-refractivity contribution in [1.82, 2.24) is 5.32 Å². The van der Waals surface area contributed by atoms with Gasteiger partial charge in [0, 0.05) is 17.0 Å². The maximum atomic E-state index is 11.6. The Morgan fingerprint density at radius 3 is 2.81 bits per heavy atom. The van der Waals surface area contributed by atoms with E-state index in [1.165, 1.54) is 24.2 Å². The number of halogens is 1. The van der Waals surface area contributed by atoms with E-state index in [0.717, 1.165) is 22.1 Å². The van der Waals surface area contributed by atoms with E-state index in [-0.39, 0.29) is 5.91 Å². The summed E-state index contributed by atoms with van der Waals surface area (Å²) >= 11 is 7.27. The molecule has 1 aliphatic carbocycles. The SMILES string of the molecule is O=C(/C=C/c1ccc(Cl)s1)NC1CCCC1. The smallest absolute Gasteiger partial charge is 0.244 e. The first kappa shape index (κ1) is 11.7. The highest BCUT2D eigenvalue weighted by molar-refractivity contribution is 7.17. The number of amides is 1. The van der Waals surface area contributed by atoms with Crippen molar-refractivity contribution in [3.63, 3.8) is 0 Å². The third kappa shape index (κ3) is 3.35. The van der Waals surface area contributed by atoms with Gasteiger partial charge in [0.25, 0.3) is 0 Å². The van der Waals surface area contributed by atoms with Crippen LogP contribution in [-0.4, -0.2) is 11.9 Å². The standard InChI is InChI=1S/C12H14ClNOS/c13-11-7-5-10(16-11)6-8-12(15)14-9-3-1-2-4-9/h5-9H,1-4H2,(H,14,15)/b8-6+. The van der Waals surface area contributed by atoms with E-state index in [9.17, 15) is 4.79 Å². The van der Waals surface area contributed by atoms with Gasteiger partial charge in [-0.1, -0.05) is 24.4 Å². The van der Waals surface area contributed by atoms with Crippen LogP contribution in [0.25, 0.3) is 6.08 Å². The highest BCUT2D eigenvalue weighted by atomic mass is 35.5. The molecular formula is C12H14ClNOS. The van der Waals surface area contributed by atoms with Gasteiger partial charge in [0.15, 0.2) is 0 Å². The summed E-state index contributed by atoms with van der Waals surface area (Å²) in [5, 5.41) is 3.00. The molecule has 0 radical (unpaired) electrons. The molecule has 0 saturated heterocycles. The maximum absolute atomic E-state index is 11.6. The minimum atomic E-state index is -0.00331. The monoisotopic (exact) mass is 255 g/mol. The van der Waals surface area contributed by atoms with Crippen molar-refractivity contribution < 1.29 is 4.79 Å². The normalized spacial score (nSPS) is 17.1. The van der Waals surface area contributed by atoms with Gasteiger partial charge in [0.2, 0.25) is 5.91 Å². The topological polar surface area (TPSA) is 29.1 Å². The predicted octanol–water partition coefficient (Wildman–Crippen LogP) is 3.47. The lowest BCUT2D eigenvalue weighted by Crippen LogP contribution is -2.30. The van der Waals surface area contributed by atoms with Gasteiger partial charge in [0.05, 0.1) is 4.34 Å². The van der Waals surface area contributed by atoms with Crippen LogP contribution < -0.4 is 5.32 Å². The highest BCUT2D eigenvalue weighted by Gasteiger charge is 2.15. The molecule has 16 heavy (non-hydrogen) atoms. The average molecular weight is 256 g/mol. The Labute approximate surface area is 104 Å². The summed E-state index contributed by atoms with van der Waals surface area (Å²) < 4.78 is 0.746. The molecule has 2 nitrogen and oxygen atoms in total. The van der Waals surface area contributed by atoms with Gasteiger partial charge in [-0.2, -0.15) is 0 Å². The van der Waals surface area contributed by atoms with Crippen molar-refractivity contribution in [1.29, 1.82) is 0 Å². The first-order valence-corrected chi connectivity index (χ1v) is 6.67. The Hall–Kier alpha value is -0.800. The molecule has 4 heteroatoms. The van der Waals surface area contributed by atoms with E-state index >= 15 is 0 Å². The molecular weight excluding hydrogens is 242 g/mol. The van der Waals surface area contributed by atoms with E-state index in [0.29, 0.717) is 6.04 Å². The van der Waals surface area contributed by atoms with Crippen LogP contribution in [0.4, 0.5) is 0 Å². The second kappa shape index (κ2) is 5.51. The van der Waals surface area contributed by atoms with Gasteiger partial charge in [-0.25, -0.2) is 0 Å². The van der Waals surface area contributed by atoms with Crippen LogP contribution in [0.3, 0.4) is 0 Å². The molecule has 2 rings (SSSR count). The van der Waals surface area contributed by atoms with E-state index in [1.54, 1.807) is 12.2 Å². The van der Waals surface area contributed by atoms with Crippen molar-refractivity contribution in [3.8, 4) is 0 Å². The van der Waals surface area contributed by atoms with Crippen molar-refractivity contribution in [3.05, 3.63) is 27.4 Å². The molecule has 0 spiro atoms. The molecule has 0 aliphatic heterocycles. The summed E-state index contributed by atoms with van der Waals surface area (Å²) in [6.45, 7) is 0. The minimum Gasteiger partial charge on any atom is -0.350 e. The van der Waals surface area contributed by atoms with Crippen LogP contribution in [0.1, 0.15) is 30.6 Å². The van der Waals surface area contributed by atoms with Crippen molar-refractivity contribution in [2.45, 2.75) is 31.7 Å². The van der Waals surface area contributed by atoms with Crippen LogP contribution in [0.15, 0.2) is 18.2 Å². The molecule has 1 aromatic heterocycles. The number of hydrogen-bond donors (Lipinski definition) is 1. The molecule has 0 aromatic carbocycles. The Morgan fingerprint density at radius 1 is 1.44 bits per heavy atom. The first-order chi connectivity index (χ1) is 7.74. The molecule has 1 fully saturated rings. The molecule has 86 valence electrons. The van der Waals surface area contributed by atoms with Crippen molar-refractivity contribution in [2.75, 3.05) is 0 Å². The summed E-state index contributed by atoms with van der Waals surface area (Å²) in [5.41, 5.74) is 0. The zero-order valence-corrected chi connectivity index (χ0v) is 10.5. The van der Waals surface area contributed by atoms with E-state index < -0.39 is 0 Å². The largest absolute Gasteiger partial charge is 0.350 e. The highest BCUT2D eigenvalue weighted by Crippen LogP contribution is 2.22. The van der Waals surface area contributed by atoms with Crippen LogP contribution >= 0.6 is 22.9 Å². The van der Waals surface area contributed by atoms with Crippen molar-refractivity contribution >= 4 is 34.9 Å². The lowest BCUT2D eigenvalue weighted by atomic mass is 10.2. The van der Waals surface area contributed by atoms with E-state index in [2.05, 4.69) is 5.32 Å². The van der Waals surface area contributed by atoms with Gasteiger partial charge in [0.1, 0.15) is 0 Å². The molecule has 1 aliphatic rings.